The molecular weight excluding hydrogens is 379 g/mol. The molecule has 0 saturated carbocycles. The Balaban J connectivity index is 1.60. The molecule has 0 radical (unpaired) electrons. The fourth-order valence-electron chi connectivity index (χ4n) is 3.08. The van der Waals surface area contributed by atoms with Crippen molar-refractivity contribution in [1.82, 2.24) is 4.90 Å². The number of carbonyl (C=O) groups is 1. The van der Waals surface area contributed by atoms with E-state index >= 15 is 0 Å². The predicted molar refractivity (Wildman–Crippen MR) is 105 cm³/mol. The van der Waals surface area contributed by atoms with Gasteiger partial charge in [0.2, 0.25) is 5.91 Å². The number of anilines is 1. The number of hydrogen-bond acceptors (Lipinski definition) is 2. The largest absolute Gasteiger partial charge is 0.326 e. The summed E-state index contributed by atoms with van der Waals surface area (Å²) in [5.41, 5.74) is 1.80. The van der Waals surface area contributed by atoms with Crippen molar-refractivity contribution in [3.05, 3.63) is 63.1 Å². The smallest absolute Gasteiger partial charge is 0.228 e. The van der Waals surface area contributed by atoms with Gasteiger partial charge in [-0.2, -0.15) is 0 Å². The van der Waals surface area contributed by atoms with Gasteiger partial charge in [-0.15, -0.1) is 0 Å². The van der Waals surface area contributed by atoms with Gasteiger partial charge in [0.05, 0.1) is 5.92 Å². The lowest BCUT2D eigenvalue weighted by molar-refractivity contribution is -0.121. The van der Waals surface area contributed by atoms with Crippen LogP contribution >= 0.6 is 34.8 Å². The van der Waals surface area contributed by atoms with E-state index in [0.29, 0.717) is 15.1 Å². The third kappa shape index (κ3) is 5.11. The minimum absolute atomic E-state index is 0.0319. The average Bonchev–Trinajstić information content (AvgIpc) is 2.60. The summed E-state index contributed by atoms with van der Waals surface area (Å²) in [5, 5.41) is 4.93. The van der Waals surface area contributed by atoms with Crippen LogP contribution in [0.2, 0.25) is 15.1 Å². The summed E-state index contributed by atoms with van der Waals surface area (Å²) >= 11 is 18.1. The molecule has 3 nitrogen and oxygen atoms in total. The Kier molecular flexibility index (Phi) is 6.24. The molecule has 1 aliphatic rings. The molecule has 1 aliphatic heterocycles. The monoisotopic (exact) mass is 396 g/mol. The number of benzene rings is 2. The van der Waals surface area contributed by atoms with Gasteiger partial charge in [-0.3, -0.25) is 9.69 Å². The van der Waals surface area contributed by atoms with E-state index in [-0.39, 0.29) is 11.8 Å². The lowest BCUT2D eigenvalue weighted by atomic mass is 9.96. The molecule has 25 heavy (non-hydrogen) atoms. The van der Waals surface area contributed by atoms with Gasteiger partial charge in [0, 0.05) is 33.8 Å². The number of nitrogens with one attached hydrogen (secondary N) is 1. The topological polar surface area (TPSA) is 32.3 Å². The van der Waals surface area contributed by atoms with Gasteiger partial charge in [-0.05, 0) is 61.3 Å². The van der Waals surface area contributed by atoms with Gasteiger partial charge in [0.15, 0.2) is 0 Å². The molecule has 0 unspecified atom stereocenters. The van der Waals surface area contributed by atoms with E-state index in [9.17, 15) is 4.79 Å². The molecule has 0 aliphatic carbocycles. The molecule has 0 aromatic heterocycles. The molecule has 1 amide bonds. The van der Waals surface area contributed by atoms with Gasteiger partial charge in [-0.1, -0.05) is 40.9 Å². The van der Waals surface area contributed by atoms with Crippen LogP contribution in [0.1, 0.15) is 18.4 Å². The zero-order chi connectivity index (χ0) is 17.8. The van der Waals surface area contributed by atoms with Crippen LogP contribution < -0.4 is 5.32 Å². The molecule has 0 bridgehead atoms. The van der Waals surface area contributed by atoms with Crippen molar-refractivity contribution < 1.29 is 4.79 Å². The highest BCUT2D eigenvalue weighted by atomic mass is 35.5. The first-order valence-electron chi connectivity index (χ1n) is 8.24. The molecule has 1 saturated heterocycles. The number of piperidine rings is 1. The minimum atomic E-state index is -0.0319. The maximum atomic E-state index is 12.5. The maximum Gasteiger partial charge on any atom is 0.228 e. The van der Waals surface area contributed by atoms with Crippen molar-refractivity contribution >= 4 is 46.4 Å². The molecule has 6 heteroatoms. The molecule has 3 rings (SSSR count). The van der Waals surface area contributed by atoms with Crippen LogP contribution in [0.15, 0.2) is 42.5 Å². The van der Waals surface area contributed by atoms with Gasteiger partial charge in [0.1, 0.15) is 0 Å². The lowest BCUT2D eigenvalue weighted by Crippen LogP contribution is -2.40. The number of rotatable bonds is 4. The molecule has 2 aromatic carbocycles. The third-order valence-electron chi connectivity index (χ3n) is 4.40. The highest BCUT2D eigenvalue weighted by Gasteiger charge is 2.26. The first-order valence-corrected chi connectivity index (χ1v) is 9.37. The van der Waals surface area contributed by atoms with Gasteiger partial charge >= 0.3 is 0 Å². The summed E-state index contributed by atoms with van der Waals surface area (Å²) in [6.07, 6.45) is 1.88. The van der Waals surface area contributed by atoms with E-state index in [4.69, 9.17) is 34.8 Å². The second-order valence-corrected chi connectivity index (χ2v) is 7.59. The molecule has 1 atom stereocenters. The highest BCUT2D eigenvalue weighted by Crippen LogP contribution is 2.25. The number of hydrogen-bond donors (Lipinski definition) is 1. The van der Waals surface area contributed by atoms with Crippen LogP contribution in [0.25, 0.3) is 0 Å². The Labute approximate surface area is 162 Å². The summed E-state index contributed by atoms with van der Waals surface area (Å²) in [4.78, 5) is 14.8. The van der Waals surface area contributed by atoms with Crippen molar-refractivity contribution in [3.8, 4) is 0 Å². The number of nitrogens with zero attached hydrogens (tertiary/aromatic N) is 1. The Morgan fingerprint density at radius 3 is 2.52 bits per heavy atom. The molecule has 2 aromatic rings. The standard InChI is InChI=1S/C19H19Cl3N2O/c20-15-5-7-17(8-6-15)23-19(25)14-2-1-9-24(12-14)11-13-3-4-16(21)10-18(13)22/h3-8,10,14H,1-2,9,11-12H2,(H,23,25)/t14-/m0/s1. The Morgan fingerprint density at radius 1 is 1.08 bits per heavy atom. The van der Waals surface area contributed by atoms with Crippen molar-refractivity contribution in [3.63, 3.8) is 0 Å². The average molecular weight is 398 g/mol. The lowest BCUT2D eigenvalue weighted by Gasteiger charge is -2.32. The van der Waals surface area contributed by atoms with Crippen LogP contribution in [0.4, 0.5) is 5.69 Å². The fraction of sp³-hybridized carbons (Fsp3) is 0.316. The Morgan fingerprint density at radius 2 is 1.80 bits per heavy atom. The van der Waals surface area contributed by atoms with Crippen LogP contribution in [0, 0.1) is 5.92 Å². The van der Waals surface area contributed by atoms with E-state index in [0.717, 1.165) is 43.7 Å². The first-order chi connectivity index (χ1) is 12.0. The van der Waals surface area contributed by atoms with Crippen LogP contribution in [-0.4, -0.2) is 23.9 Å². The quantitative estimate of drug-likeness (QED) is 0.739. The van der Waals surface area contributed by atoms with E-state index < -0.39 is 0 Å². The van der Waals surface area contributed by atoms with Gasteiger partial charge in [0.25, 0.3) is 0 Å². The molecule has 1 N–H and O–H groups in total. The number of halogens is 3. The van der Waals surface area contributed by atoms with E-state index in [1.165, 1.54) is 0 Å². The fourth-order valence-corrected chi connectivity index (χ4v) is 3.68. The predicted octanol–water partition coefficient (Wildman–Crippen LogP) is 5.50. The van der Waals surface area contributed by atoms with Gasteiger partial charge < -0.3 is 5.32 Å². The van der Waals surface area contributed by atoms with Crippen LogP contribution in [0.5, 0.6) is 0 Å². The summed E-state index contributed by atoms with van der Waals surface area (Å²) < 4.78 is 0. The number of carbonyl (C=O) groups excluding carboxylic acids is 1. The Hall–Kier alpha value is -1.26. The summed E-state index contributed by atoms with van der Waals surface area (Å²) in [6, 6.07) is 12.7. The first kappa shape index (κ1) is 18.5. The molecule has 0 spiro atoms. The van der Waals surface area contributed by atoms with Crippen molar-refractivity contribution in [2.24, 2.45) is 5.92 Å². The number of likely N-dealkylation sites (tertiary alicyclic amines) is 1. The van der Waals surface area contributed by atoms with E-state index in [2.05, 4.69) is 10.2 Å². The summed E-state index contributed by atoms with van der Waals surface area (Å²) in [6.45, 7) is 2.41. The minimum Gasteiger partial charge on any atom is -0.326 e. The normalized spacial score (nSPS) is 18.1. The SMILES string of the molecule is O=C(Nc1ccc(Cl)cc1)[C@H]1CCCN(Cc2ccc(Cl)cc2Cl)C1. The molecule has 132 valence electrons. The van der Waals surface area contributed by atoms with Crippen LogP contribution in [-0.2, 0) is 11.3 Å². The summed E-state index contributed by atoms with van der Waals surface area (Å²) in [5.74, 6) is 0.0183. The van der Waals surface area contributed by atoms with E-state index in [1.54, 1.807) is 18.2 Å². The second-order valence-electron chi connectivity index (χ2n) is 6.31. The van der Waals surface area contributed by atoms with Crippen molar-refractivity contribution in [2.75, 3.05) is 18.4 Å². The summed E-state index contributed by atoms with van der Waals surface area (Å²) in [7, 11) is 0. The maximum absolute atomic E-state index is 12.5. The van der Waals surface area contributed by atoms with Gasteiger partial charge in [-0.25, -0.2) is 0 Å². The number of amides is 1. The van der Waals surface area contributed by atoms with Crippen molar-refractivity contribution in [2.45, 2.75) is 19.4 Å². The third-order valence-corrected chi connectivity index (χ3v) is 5.24. The second kappa shape index (κ2) is 8.41. The molecule has 1 heterocycles. The van der Waals surface area contributed by atoms with Crippen LogP contribution in [0.3, 0.4) is 0 Å². The molecular formula is C19H19Cl3N2O. The van der Waals surface area contributed by atoms with Crippen molar-refractivity contribution in [1.29, 1.82) is 0 Å². The Bertz CT molecular complexity index is 749. The highest BCUT2D eigenvalue weighted by molar-refractivity contribution is 6.35. The zero-order valence-corrected chi connectivity index (χ0v) is 15.9. The molecule has 1 fully saturated rings. The zero-order valence-electron chi connectivity index (χ0n) is 13.6. The van der Waals surface area contributed by atoms with E-state index in [1.807, 2.05) is 24.3 Å².